The molecule has 0 aliphatic carbocycles. The molecule has 1 heterocycles. The van der Waals surface area contributed by atoms with Gasteiger partial charge in [0.25, 0.3) is 0 Å². The molecule has 1 aromatic heterocycles. The van der Waals surface area contributed by atoms with Crippen molar-refractivity contribution in [2.75, 3.05) is 5.75 Å². The van der Waals surface area contributed by atoms with Gasteiger partial charge in [-0.2, -0.15) is 0 Å². The first-order valence-electron chi connectivity index (χ1n) is 7.22. The van der Waals surface area contributed by atoms with E-state index in [9.17, 15) is 15.0 Å². The normalized spacial score (nSPS) is 10.7. The van der Waals surface area contributed by atoms with Crippen LogP contribution in [0, 0.1) is 0 Å². The molecule has 0 spiro atoms. The fourth-order valence-corrected chi connectivity index (χ4v) is 2.90. The number of thioether (sulfide) groups is 1. The summed E-state index contributed by atoms with van der Waals surface area (Å²) in [4.78, 5) is 10.7. The van der Waals surface area contributed by atoms with E-state index in [2.05, 4.69) is 10.2 Å². The topological polar surface area (TPSA) is 91.1 Å². The lowest BCUT2D eigenvalue weighted by Gasteiger charge is -2.11. The van der Waals surface area contributed by atoms with Gasteiger partial charge >= 0.3 is 0 Å². The molecule has 0 radical (unpaired) electrons. The van der Waals surface area contributed by atoms with Crippen LogP contribution in [-0.2, 0) is 11.3 Å². The van der Waals surface area contributed by atoms with E-state index in [-0.39, 0.29) is 11.5 Å². The number of aromatic hydroxyl groups is 1. The summed E-state index contributed by atoms with van der Waals surface area (Å²) in [5.41, 5.74) is 1.84. The minimum absolute atomic E-state index is 0.166. The van der Waals surface area contributed by atoms with Crippen molar-refractivity contribution < 1.29 is 15.0 Å². The van der Waals surface area contributed by atoms with Crippen molar-refractivity contribution >= 4 is 17.7 Å². The smallest absolute Gasteiger partial charge is 0.192 e. The number of carboxylic acids is 1. The zero-order chi connectivity index (χ0) is 16.9. The number of carbonyl (C=O) groups excluding carboxylic acids is 1. The Morgan fingerprint density at radius 2 is 1.79 bits per heavy atom. The van der Waals surface area contributed by atoms with Crippen LogP contribution in [0.1, 0.15) is 5.56 Å². The van der Waals surface area contributed by atoms with Crippen LogP contribution in [0.2, 0.25) is 0 Å². The molecule has 0 fully saturated rings. The summed E-state index contributed by atoms with van der Waals surface area (Å²) in [6, 6.07) is 16.4. The molecular weight excluding hydrogens is 326 g/mol. The van der Waals surface area contributed by atoms with Crippen LogP contribution in [0.5, 0.6) is 5.75 Å². The summed E-state index contributed by atoms with van der Waals surface area (Å²) in [6.45, 7) is 0.513. The van der Waals surface area contributed by atoms with Gasteiger partial charge in [0.1, 0.15) is 5.75 Å². The number of nitrogens with zero attached hydrogens (tertiary/aromatic N) is 3. The molecule has 7 heteroatoms. The minimum atomic E-state index is -1.15. The molecule has 1 N–H and O–H groups in total. The third kappa shape index (κ3) is 3.75. The van der Waals surface area contributed by atoms with Gasteiger partial charge in [-0.15, -0.1) is 10.2 Å². The number of phenolic OH excluding ortho intramolecular Hbond substituents is 1. The summed E-state index contributed by atoms with van der Waals surface area (Å²) >= 11 is 1.07. The van der Waals surface area contributed by atoms with Gasteiger partial charge in [0.05, 0.1) is 12.5 Å². The van der Waals surface area contributed by atoms with E-state index in [1.165, 1.54) is 0 Å². The Bertz CT molecular complexity index is 832. The lowest BCUT2D eigenvalue weighted by atomic mass is 10.2. The van der Waals surface area contributed by atoms with Crippen molar-refractivity contribution in [3.8, 4) is 17.1 Å². The van der Waals surface area contributed by atoms with Gasteiger partial charge in [0.2, 0.25) is 0 Å². The summed E-state index contributed by atoms with van der Waals surface area (Å²) in [6.07, 6.45) is 0. The Labute approximate surface area is 142 Å². The molecule has 0 aliphatic heterocycles. The second-order valence-corrected chi connectivity index (χ2v) is 6.03. The van der Waals surface area contributed by atoms with E-state index >= 15 is 0 Å². The number of aliphatic carboxylic acids is 1. The highest BCUT2D eigenvalue weighted by Crippen LogP contribution is 2.26. The number of phenols is 1. The van der Waals surface area contributed by atoms with Crippen LogP contribution in [-0.4, -0.2) is 31.6 Å². The Morgan fingerprint density at radius 3 is 2.46 bits per heavy atom. The third-order valence-electron chi connectivity index (χ3n) is 3.34. The molecule has 0 atom stereocenters. The quantitative estimate of drug-likeness (QED) is 0.685. The first kappa shape index (κ1) is 16.1. The van der Waals surface area contributed by atoms with Crippen molar-refractivity contribution in [1.82, 2.24) is 14.8 Å². The van der Waals surface area contributed by atoms with Gasteiger partial charge in [0, 0.05) is 11.3 Å². The van der Waals surface area contributed by atoms with E-state index in [4.69, 9.17) is 0 Å². The largest absolute Gasteiger partial charge is 0.549 e. The number of aromatic nitrogens is 3. The van der Waals surface area contributed by atoms with Crippen molar-refractivity contribution in [2.24, 2.45) is 0 Å². The Hall–Kier alpha value is -2.80. The predicted molar refractivity (Wildman–Crippen MR) is 88.4 cm³/mol. The molecule has 24 heavy (non-hydrogen) atoms. The van der Waals surface area contributed by atoms with Gasteiger partial charge in [-0.3, -0.25) is 4.57 Å². The summed E-state index contributed by atoms with van der Waals surface area (Å²) in [5.74, 6) is -0.567. The molecule has 0 bridgehead atoms. The maximum atomic E-state index is 10.7. The second-order valence-electron chi connectivity index (χ2n) is 5.09. The zero-order valence-electron chi connectivity index (χ0n) is 12.6. The summed E-state index contributed by atoms with van der Waals surface area (Å²) in [5, 5.41) is 29.0. The van der Waals surface area contributed by atoms with Gasteiger partial charge in [0.15, 0.2) is 11.0 Å². The lowest BCUT2D eigenvalue weighted by Crippen LogP contribution is -2.24. The van der Waals surface area contributed by atoms with Gasteiger partial charge in [-0.25, -0.2) is 0 Å². The molecule has 6 nitrogen and oxygen atoms in total. The Morgan fingerprint density at radius 1 is 1.08 bits per heavy atom. The maximum absolute atomic E-state index is 10.7. The summed E-state index contributed by atoms with van der Waals surface area (Å²) < 4.78 is 1.86. The standard InChI is InChI=1S/C17H15N3O3S/c21-14-8-6-13(7-9-14)16-18-19-17(24-11-15(22)23)20(16)10-12-4-2-1-3-5-12/h1-9,21H,10-11H2,(H,22,23)/p-1. The molecule has 0 saturated heterocycles. The fourth-order valence-electron chi connectivity index (χ4n) is 2.25. The number of hydrogen-bond donors (Lipinski definition) is 1. The molecule has 0 unspecified atom stereocenters. The second kappa shape index (κ2) is 7.18. The number of carbonyl (C=O) groups is 1. The number of rotatable bonds is 6. The molecule has 0 saturated carbocycles. The van der Waals surface area contributed by atoms with Crippen LogP contribution in [0.25, 0.3) is 11.4 Å². The van der Waals surface area contributed by atoms with Crippen LogP contribution in [0.3, 0.4) is 0 Å². The highest BCUT2D eigenvalue weighted by Gasteiger charge is 2.15. The number of hydrogen-bond acceptors (Lipinski definition) is 6. The highest BCUT2D eigenvalue weighted by molar-refractivity contribution is 7.99. The van der Waals surface area contributed by atoms with E-state index in [0.717, 1.165) is 22.9 Å². The zero-order valence-corrected chi connectivity index (χ0v) is 13.4. The average molecular weight is 340 g/mol. The predicted octanol–water partition coefficient (Wildman–Crippen LogP) is 1.54. The Balaban J connectivity index is 1.98. The number of benzene rings is 2. The van der Waals surface area contributed by atoms with Crippen LogP contribution in [0.4, 0.5) is 0 Å². The first-order chi connectivity index (χ1) is 11.6. The Kier molecular flexibility index (Phi) is 4.81. The third-order valence-corrected chi connectivity index (χ3v) is 4.29. The molecule has 0 aliphatic rings. The van der Waals surface area contributed by atoms with Crippen LogP contribution >= 0.6 is 11.8 Å². The van der Waals surface area contributed by atoms with Crippen LogP contribution < -0.4 is 5.11 Å². The average Bonchev–Trinajstić information content (AvgIpc) is 2.97. The van der Waals surface area contributed by atoms with Gasteiger partial charge in [-0.1, -0.05) is 42.1 Å². The fraction of sp³-hybridized carbons (Fsp3) is 0.118. The van der Waals surface area contributed by atoms with Gasteiger partial charge in [-0.05, 0) is 29.8 Å². The van der Waals surface area contributed by atoms with Crippen molar-refractivity contribution in [2.45, 2.75) is 11.7 Å². The van der Waals surface area contributed by atoms with Crippen molar-refractivity contribution in [1.29, 1.82) is 0 Å². The van der Waals surface area contributed by atoms with Crippen LogP contribution in [0.15, 0.2) is 59.8 Å². The van der Waals surface area contributed by atoms with E-state index in [0.29, 0.717) is 17.5 Å². The van der Waals surface area contributed by atoms with Crippen molar-refractivity contribution in [3.05, 3.63) is 60.2 Å². The highest BCUT2D eigenvalue weighted by atomic mass is 32.2. The number of carboxylic acid groups (broad SMARTS) is 1. The molecule has 0 amide bonds. The monoisotopic (exact) mass is 340 g/mol. The lowest BCUT2D eigenvalue weighted by molar-refractivity contribution is -0.301. The summed E-state index contributed by atoms with van der Waals surface area (Å²) in [7, 11) is 0. The molecule has 3 rings (SSSR count). The van der Waals surface area contributed by atoms with E-state index in [1.54, 1.807) is 24.3 Å². The molecule has 3 aromatic rings. The SMILES string of the molecule is O=C([O-])CSc1nnc(-c2ccc(O)cc2)n1Cc1ccccc1. The maximum Gasteiger partial charge on any atom is 0.192 e. The van der Waals surface area contributed by atoms with Crippen molar-refractivity contribution in [3.63, 3.8) is 0 Å². The minimum Gasteiger partial charge on any atom is -0.549 e. The van der Waals surface area contributed by atoms with E-state index in [1.807, 2.05) is 34.9 Å². The molecule has 2 aromatic carbocycles. The van der Waals surface area contributed by atoms with Gasteiger partial charge < -0.3 is 15.0 Å². The first-order valence-corrected chi connectivity index (χ1v) is 8.21. The van der Waals surface area contributed by atoms with E-state index < -0.39 is 5.97 Å². The molecule has 122 valence electrons. The molecular formula is C17H14N3O3S-.